The largest absolute Gasteiger partial charge is 0.354 e. The van der Waals surface area contributed by atoms with E-state index < -0.39 is 0 Å². The molecule has 0 amide bonds. The van der Waals surface area contributed by atoms with Crippen molar-refractivity contribution in [2.75, 3.05) is 5.32 Å². The molecule has 15 heavy (non-hydrogen) atoms. The Morgan fingerprint density at radius 2 is 2.40 bits per heavy atom. The molecule has 2 heterocycles. The molecule has 80 valence electrons. The molecular formula is C8H10ClN5S. The van der Waals surface area contributed by atoms with E-state index in [1.807, 2.05) is 6.92 Å². The standard InChI is InChI=1S/C8H10ClN5S/c1-2-6-12-7(14-13-6)3-10-8-11-5(9)4-15-8/h4H,2-3H2,1H3,(H,10,11)(H,12,13,14). The first-order chi connectivity index (χ1) is 7.28. The van der Waals surface area contributed by atoms with Gasteiger partial charge in [-0.2, -0.15) is 5.10 Å². The second kappa shape index (κ2) is 4.59. The molecule has 0 spiro atoms. The van der Waals surface area contributed by atoms with Gasteiger partial charge in [-0.3, -0.25) is 5.10 Å². The van der Waals surface area contributed by atoms with E-state index in [9.17, 15) is 0 Å². The molecule has 5 nitrogen and oxygen atoms in total. The van der Waals surface area contributed by atoms with Crippen LogP contribution in [0.1, 0.15) is 18.6 Å². The zero-order chi connectivity index (χ0) is 10.7. The molecular weight excluding hydrogens is 234 g/mol. The predicted molar refractivity (Wildman–Crippen MR) is 60.2 cm³/mol. The zero-order valence-electron chi connectivity index (χ0n) is 8.12. The van der Waals surface area contributed by atoms with E-state index in [4.69, 9.17) is 11.6 Å². The quantitative estimate of drug-likeness (QED) is 0.863. The summed E-state index contributed by atoms with van der Waals surface area (Å²) < 4.78 is 0. The Morgan fingerprint density at radius 3 is 3.00 bits per heavy atom. The molecule has 0 atom stereocenters. The van der Waals surface area contributed by atoms with Crippen LogP contribution in [-0.2, 0) is 13.0 Å². The van der Waals surface area contributed by atoms with Gasteiger partial charge in [-0.15, -0.1) is 11.3 Å². The molecule has 0 radical (unpaired) electrons. The lowest BCUT2D eigenvalue weighted by Gasteiger charge is -1.96. The van der Waals surface area contributed by atoms with Crippen molar-refractivity contribution >= 4 is 28.1 Å². The van der Waals surface area contributed by atoms with E-state index >= 15 is 0 Å². The summed E-state index contributed by atoms with van der Waals surface area (Å²) in [6.45, 7) is 2.60. The van der Waals surface area contributed by atoms with Crippen LogP contribution in [0.4, 0.5) is 5.13 Å². The fraction of sp³-hybridized carbons (Fsp3) is 0.375. The second-order valence-electron chi connectivity index (χ2n) is 2.88. The molecule has 0 aliphatic rings. The van der Waals surface area contributed by atoms with Crippen LogP contribution in [0.2, 0.25) is 5.15 Å². The Hall–Kier alpha value is -1.14. The van der Waals surface area contributed by atoms with Gasteiger partial charge in [0.05, 0.1) is 6.54 Å². The number of anilines is 1. The van der Waals surface area contributed by atoms with Crippen molar-refractivity contribution in [2.24, 2.45) is 0 Å². The average Bonchev–Trinajstić information content (AvgIpc) is 2.83. The third-order valence-corrected chi connectivity index (χ3v) is 2.90. The number of halogens is 1. The molecule has 2 N–H and O–H groups in total. The van der Waals surface area contributed by atoms with Crippen LogP contribution in [-0.4, -0.2) is 20.2 Å². The van der Waals surface area contributed by atoms with Crippen molar-refractivity contribution in [3.8, 4) is 0 Å². The number of aryl methyl sites for hydroxylation is 1. The number of hydrogen-bond acceptors (Lipinski definition) is 5. The molecule has 2 aromatic heterocycles. The van der Waals surface area contributed by atoms with Gasteiger partial charge < -0.3 is 5.32 Å². The molecule has 0 aliphatic heterocycles. The molecule has 7 heteroatoms. The molecule has 0 unspecified atom stereocenters. The average molecular weight is 244 g/mol. The summed E-state index contributed by atoms with van der Waals surface area (Å²) in [6, 6.07) is 0. The highest BCUT2D eigenvalue weighted by Gasteiger charge is 2.02. The van der Waals surface area contributed by atoms with Gasteiger partial charge in [-0.25, -0.2) is 9.97 Å². The van der Waals surface area contributed by atoms with Crippen molar-refractivity contribution in [3.63, 3.8) is 0 Å². The SMILES string of the molecule is CCc1n[nH]c(CNc2nc(Cl)cs2)n1. The number of rotatable bonds is 4. The van der Waals surface area contributed by atoms with E-state index in [2.05, 4.69) is 25.5 Å². The van der Waals surface area contributed by atoms with Crippen LogP contribution < -0.4 is 5.32 Å². The van der Waals surface area contributed by atoms with E-state index in [-0.39, 0.29) is 0 Å². The lowest BCUT2D eigenvalue weighted by molar-refractivity contribution is 0.938. The Kier molecular flexibility index (Phi) is 3.17. The van der Waals surface area contributed by atoms with Gasteiger partial charge in [-0.1, -0.05) is 18.5 Å². The maximum atomic E-state index is 5.69. The number of aromatic amines is 1. The Morgan fingerprint density at radius 1 is 1.53 bits per heavy atom. The van der Waals surface area contributed by atoms with Crippen LogP contribution in [0, 0.1) is 0 Å². The van der Waals surface area contributed by atoms with Gasteiger partial charge in [0, 0.05) is 11.8 Å². The zero-order valence-corrected chi connectivity index (χ0v) is 9.69. The maximum Gasteiger partial charge on any atom is 0.184 e. The summed E-state index contributed by atoms with van der Waals surface area (Å²) in [5, 5.41) is 13.1. The minimum Gasteiger partial charge on any atom is -0.354 e. The predicted octanol–water partition coefficient (Wildman–Crippen LogP) is 2.09. The number of H-pyrrole nitrogens is 1. The van der Waals surface area contributed by atoms with Crippen molar-refractivity contribution in [1.29, 1.82) is 0 Å². The molecule has 0 aromatic carbocycles. The van der Waals surface area contributed by atoms with Crippen LogP contribution in [0.15, 0.2) is 5.38 Å². The number of hydrogen-bond donors (Lipinski definition) is 2. The summed E-state index contributed by atoms with van der Waals surface area (Å²) in [4.78, 5) is 8.33. The fourth-order valence-corrected chi connectivity index (χ4v) is 1.90. The first kappa shape index (κ1) is 10.4. The van der Waals surface area contributed by atoms with Crippen molar-refractivity contribution in [1.82, 2.24) is 20.2 Å². The smallest absolute Gasteiger partial charge is 0.184 e. The number of aromatic nitrogens is 4. The van der Waals surface area contributed by atoms with Gasteiger partial charge in [-0.05, 0) is 0 Å². The first-order valence-corrected chi connectivity index (χ1v) is 5.78. The summed E-state index contributed by atoms with van der Waals surface area (Å²) in [7, 11) is 0. The molecule has 2 aromatic rings. The van der Waals surface area contributed by atoms with E-state index in [0.717, 1.165) is 23.2 Å². The Balaban J connectivity index is 1.93. The molecule has 0 aliphatic carbocycles. The molecule has 0 saturated carbocycles. The van der Waals surface area contributed by atoms with Crippen LogP contribution in [0.3, 0.4) is 0 Å². The van der Waals surface area contributed by atoms with E-state index in [1.165, 1.54) is 11.3 Å². The first-order valence-electron chi connectivity index (χ1n) is 4.53. The highest BCUT2D eigenvalue weighted by atomic mass is 35.5. The van der Waals surface area contributed by atoms with Crippen LogP contribution >= 0.6 is 22.9 Å². The summed E-state index contributed by atoms with van der Waals surface area (Å²) in [5.74, 6) is 1.63. The van der Waals surface area contributed by atoms with Crippen LogP contribution in [0.5, 0.6) is 0 Å². The number of nitrogens with zero attached hydrogens (tertiary/aromatic N) is 3. The lowest BCUT2D eigenvalue weighted by Crippen LogP contribution is -2.00. The highest BCUT2D eigenvalue weighted by Crippen LogP contribution is 2.18. The van der Waals surface area contributed by atoms with E-state index in [0.29, 0.717) is 11.7 Å². The minimum atomic E-state index is 0.509. The van der Waals surface area contributed by atoms with Crippen LogP contribution in [0.25, 0.3) is 0 Å². The van der Waals surface area contributed by atoms with Crippen molar-refractivity contribution in [2.45, 2.75) is 19.9 Å². The lowest BCUT2D eigenvalue weighted by atomic mass is 10.5. The van der Waals surface area contributed by atoms with Gasteiger partial charge in [0.2, 0.25) is 0 Å². The monoisotopic (exact) mass is 243 g/mol. The number of nitrogens with one attached hydrogen (secondary N) is 2. The number of thiazole rings is 1. The molecule has 0 bridgehead atoms. The van der Waals surface area contributed by atoms with Crippen molar-refractivity contribution < 1.29 is 0 Å². The summed E-state index contributed by atoms with van der Waals surface area (Å²) >= 11 is 7.16. The van der Waals surface area contributed by atoms with Gasteiger partial charge >= 0.3 is 0 Å². The minimum absolute atomic E-state index is 0.509. The van der Waals surface area contributed by atoms with Crippen molar-refractivity contribution in [3.05, 3.63) is 22.2 Å². The maximum absolute atomic E-state index is 5.69. The summed E-state index contributed by atoms with van der Waals surface area (Å²) in [6.07, 6.45) is 0.833. The van der Waals surface area contributed by atoms with E-state index in [1.54, 1.807) is 5.38 Å². The van der Waals surface area contributed by atoms with Gasteiger partial charge in [0.25, 0.3) is 0 Å². The Labute approximate surface area is 95.9 Å². The Bertz CT molecular complexity index is 438. The molecule has 0 fully saturated rings. The van der Waals surface area contributed by atoms with Gasteiger partial charge in [0.15, 0.2) is 11.0 Å². The summed E-state index contributed by atoms with van der Waals surface area (Å²) in [5.41, 5.74) is 0. The fourth-order valence-electron chi connectivity index (χ4n) is 1.07. The van der Waals surface area contributed by atoms with Gasteiger partial charge in [0.1, 0.15) is 11.0 Å². The topological polar surface area (TPSA) is 66.5 Å². The third kappa shape index (κ3) is 2.66. The third-order valence-electron chi connectivity index (χ3n) is 1.78. The normalized spacial score (nSPS) is 10.5. The molecule has 2 rings (SSSR count). The highest BCUT2D eigenvalue weighted by molar-refractivity contribution is 7.14. The second-order valence-corrected chi connectivity index (χ2v) is 4.13. The molecule has 0 saturated heterocycles.